The van der Waals surface area contributed by atoms with Crippen molar-refractivity contribution in [2.45, 2.75) is 0 Å². The van der Waals surface area contributed by atoms with Gasteiger partial charge in [-0.15, -0.1) is 0 Å². The molecule has 0 radical (unpaired) electrons. The number of carbonyl (C=O) groups excluding carboxylic acids is 3. The van der Waals surface area contributed by atoms with Crippen molar-refractivity contribution < 1.29 is 28.6 Å². The number of esters is 1. The number of amides is 2. The van der Waals surface area contributed by atoms with Gasteiger partial charge in [0.15, 0.2) is 6.61 Å². The van der Waals surface area contributed by atoms with Crippen LogP contribution in [-0.2, 0) is 19.1 Å². The number of para-hydroxylation sites is 1. The van der Waals surface area contributed by atoms with Gasteiger partial charge in [-0.2, -0.15) is 0 Å². The van der Waals surface area contributed by atoms with Crippen LogP contribution in [-0.4, -0.2) is 42.6 Å². The van der Waals surface area contributed by atoms with Crippen molar-refractivity contribution in [2.24, 2.45) is 0 Å². The van der Waals surface area contributed by atoms with Crippen LogP contribution in [0.15, 0.2) is 60.7 Å². The van der Waals surface area contributed by atoms with Crippen LogP contribution in [0.5, 0.6) is 11.5 Å². The van der Waals surface area contributed by atoms with Crippen LogP contribution in [0.25, 0.3) is 6.08 Å². The molecule has 27 heavy (non-hydrogen) atoms. The molecule has 1 aliphatic rings. The molecule has 0 aromatic heterocycles. The topological polar surface area (TPSA) is 82.1 Å². The molecular weight excluding hydrogens is 350 g/mol. The summed E-state index contributed by atoms with van der Waals surface area (Å²) in [5, 5.41) is 0. The minimum atomic E-state index is -0.721. The lowest BCUT2D eigenvalue weighted by atomic mass is 10.2. The Morgan fingerprint density at radius 3 is 2.59 bits per heavy atom. The molecular formula is C20H17NO6. The van der Waals surface area contributed by atoms with Crippen molar-refractivity contribution >= 4 is 24.0 Å². The quantitative estimate of drug-likeness (QED) is 0.577. The second-order valence-corrected chi connectivity index (χ2v) is 5.59. The lowest BCUT2D eigenvalue weighted by Gasteiger charge is -2.09. The van der Waals surface area contributed by atoms with E-state index >= 15 is 0 Å². The van der Waals surface area contributed by atoms with E-state index in [1.165, 1.54) is 6.08 Å². The zero-order chi connectivity index (χ0) is 19.1. The first-order valence-electron chi connectivity index (χ1n) is 8.27. The maximum Gasteiger partial charge on any atom is 0.416 e. The SMILES string of the molecule is O=C(/C=C/c1cccc(Oc2ccccc2)c1)OCC(=O)N1CCOC1=O. The molecule has 7 nitrogen and oxygen atoms in total. The van der Waals surface area contributed by atoms with Gasteiger partial charge in [-0.25, -0.2) is 14.5 Å². The Morgan fingerprint density at radius 2 is 1.85 bits per heavy atom. The Hall–Kier alpha value is -3.61. The lowest BCUT2D eigenvalue weighted by molar-refractivity contribution is -0.146. The summed E-state index contributed by atoms with van der Waals surface area (Å²) in [6.07, 6.45) is 2.04. The highest BCUT2D eigenvalue weighted by molar-refractivity contribution is 5.95. The zero-order valence-corrected chi connectivity index (χ0v) is 14.4. The van der Waals surface area contributed by atoms with E-state index in [1.807, 2.05) is 30.3 Å². The number of ether oxygens (including phenoxy) is 3. The number of benzene rings is 2. The molecule has 2 amide bonds. The van der Waals surface area contributed by atoms with Gasteiger partial charge in [0.2, 0.25) is 0 Å². The molecule has 1 saturated heterocycles. The van der Waals surface area contributed by atoms with Crippen LogP contribution in [0.2, 0.25) is 0 Å². The number of nitrogens with zero attached hydrogens (tertiary/aromatic N) is 1. The highest BCUT2D eigenvalue weighted by Crippen LogP contribution is 2.22. The second kappa shape index (κ2) is 8.66. The molecule has 2 aromatic carbocycles. The maximum atomic E-state index is 11.8. The Balaban J connectivity index is 1.52. The normalized spacial score (nSPS) is 13.5. The number of cyclic esters (lactones) is 1. The molecule has 0 atom stereocenters. The molecule has 0 N–H and O–H groups in total. The van der Waals surface area contributed by atoms with E-state index in [-0.39, 0.29) is 13.2 Å². The van der Waals surface area contributed by atoms with Gasteiger partial charge in [-0.1, -0.05) is 30.3 Å². The minimum absolute atomic E-state index is 0.153. The molecule has 1 aliphatic heterocycles. The maximum absolute atomic E-state index is 11.8. The summed E-state index contributed by atoms with van der Waals surface area (Å²) in [6.45, 7) is -0.200. The Labute approximate surface area is 155 Å². The predicted molar refractivity (Wildman–Crippen MR) is 96.0 cm³/mol. The van der Waals surface area contributed by atoms with Gasteiger partial charge in [0.1, 0.15) is 18.1 Å². The number of hydrogen-bond donors (Lipinski definition) is 0. The molecule has 1 fully saturated rings. The monoisotopic (exact) mass is 367 g/mol. The summed E-state index contributed by atoms with van der Waals surface area (Å²) in [5.74, 6) is 0.0271. The first-order valence-corrected chi connectivity index (χ1v) is 8.27. The van der Waals surface area contributed by atoms with Gasteiger partial charge in [0.25, 0.3) is 5.91 Å². The molecule has 0 saturated carbocycles. The molecule has 1 heterocycles. The van der Waals surface area contributed by atoms with Crippen LogP contribution >= 0.6 is 0 Å². The molecule has 7 heteroatoms. The lowest BCUT2D eigenvalue weighted by Crippen LogP contribution is -2.35. The molecule has 3 rings (SSSR count). The highest BCUT2D eigenvalue weighted by atomic mass is 16.6. The minimum Gasteiger partial charge on any atom is -0.457 e. The van der Waals surface area contributed by atoms with Gasteiger partial charge in [-0.05, 0) is 35.9 Å². The summed E-state index contributed by atoms with van der Waals surface area (Å²) in [4.78, 5) is 35.7. The van der Waals surface area contributed by atoms with Gasteiger partial charge in [0, 0.05) is 6.08 Å². The van der Waals surface area contributed by atoms with Gasteiger partial charge in [0.05, 0.1) is 6.54 Å². The van der Waals surface area contributed by atoms with Crippen molar-refractivity contribution in [3.63, 3.8) is 0 Å². The van der Waals surface area contributed by atoms with Crippen LogP contribution in [0.3, 0.4) is 0 Å². The Morgan fingerprint density at radius 1 is 1.07 bits per heavy atom. The van der Waals surface area contributed by atoms with E-state index in [1.54, 1.807) is 30.3 Å². The molecule has 0 aliphatic carbocycles. The average Bonchev–Trinajstić information content (AvgIpc) is 3.11. The largest absolute Gasteiger partial charge is 0.457 e. The molecule has 138 valence electrons. The van der Waals surface area contributed by atoms with Crippen LogP contribution in [0.4, 0.5) is 4.79 Å². The molecule has 2 aromatic rings. The fourth-order valence-electron chi connectivity index (χ4n) is 2.35. The molecule has 0 bridgehead atoms. The van der Waals surface area contributed by atoms with Crippen LogP contribution in [0, 0.1) is 0 Å². The molecule has 0 unspecified atom stereocenters. The Kier molecular flexibility index (Phi) is 5.84. The third-order valence-electron chi connectivity index (χ3n) is 3.65. The van der Waals surface area contributed by atoms with Gasteiger partial charge in [-0.3, -0.25) is 4.79 Å². The number of rotatable bonds is 6. The van der Waals surface area contributed by atoms with Crippen molar-refractivity contribution in [2.75, 3.05) is 19.8 Å². The van der Waals surface area contributed by atoms with E-state index in [4.69, 9.17) is 9.47 Å². The number of carbonyl (C=O) groups is 3. The molecule has 0 spiro atoms. The smallest absolute Gasteiger partial charge is 0.416 e. The predicted octanol–water partition coefficient (Wildman–Crippen LogP) is 3.01. The van der Waals surface area contributed by atoms with E-state index in [9.17, 15) is 14.4 Å². The first kappa shape index (κ1) is 18.2. The third kappa shape index (κ3) is 5.18. The summed E-state index contributed by atoms with van der Waals surface area (Å²) in [6, 6.07) is 16.5. The van der Waals surface area contributed by atoms with Crippen molar-refractivity contribution in [1.82, 2.24) is 4.90 Å². The number of hydrogen-bond acceptors (Lipinski definition) is 6. The third-order valence-corrected chi connectivity index (χ3v) is 3.65. The van der Waals surface area contributed by atoms with E-state index in [0.29, 0.717) is 11.5 Å². The first-order chi connectivity index (χ1) is 13.1. The summed E-state index contributed by atoms with van der Waals surface area (Å²) in [5.41, 5.74) is 0.731. The average molecular weight is 367 g/mol. The fourth-order valence-corrected chi connectivity index (χ4v) is 2.35. The summed E-state index contributed by atoms with van der Waals surface area (Å²) < 4.78 is 15.2. The standard InChI is InChI=1S/C20H17NO6/c22-18(21-11-12-25-20(21)24)14-26-19(23)10-9-15-5-4-8-17(13-15)27-16-6-2-1-3-7-16/h1-10,13H,11-12,14H2/b10-9+. The highest BCUT2D eigenvalue weighted by Gasteiger charge is 2.28. The van der Waals surface area contributed by atoms with Gasteiger partial charge >= 0.3 is 12.1 Å². The fraction of sp³-hybridized carbons (Fsp3) is 0.150. The summed E-state index contributed by atoms with van der Waals surface area (Å²) >= 11 is 0. The van der Waals surface area contributed by atoms with E-state index in [2.05, 4.69) is 4.74 Å². The van der Waals surface area contributed by atoms with E-state index in [0.717, 1.165) is 10.5 Å². The van der Waals surface area contributed by atoms with Crippen molar-refractivity contribution in [3.05, 3.63) is 66.2 Å². The van der Waals surface area contributed by atoms with Crippen molar-refractivity contribution in [3.8, 4) is 11.5 Å². The second-order valence-electron chi connectivity index (χ2n) is 5.59. The van der Waals surface area contributed by atoms with E-state index < -0.39 is 24.6 Å². The van der Waals surface area contributed by atoms with Crippen LogP contribution in [0.1, 0.15) is 5.56 Å². The number of imide groups is 1. The van der Waals surface area contributed by atoms with Crippen molar-refractivity contribution in [1.29, 1.82) is 0 Å². The zero-order valence-electron chi connectivity index (χ0n) is 14.4. The Bertz CT molecular complexity index is 862. The van der Waals surface area contributed by atoms with Gasteiger partial charge < -0.3 is 14.2 Å². The summed E-state index contributed by atoms with van der Waals surface area (Å²) in [7, 11) is 0. The van der Waals surface area contributed by atoms with Crippen LogP contribution < -0.4 is 4.74 Å².